The van der Waals surface area contributed by atoms with Gasteiger partial charge in [-0.1, -0.05) is 13.3 Å². The monoisotopic (exact) mass is 180 g/mol. The summed E-state index contributed by atoms with van der Waals surface area (Å²) in [4.78, 5) is 0. The highest BCUT2D eigenvalue weighted by molar-refractivity contribution is 7.92. The van der Waals surface area contributed by atoms with Crippen LogP contribution < -0.4 is 0 Å². The van der Waals surface area contributed by atoms with E-state index in [-0.39, 0.29) is 18.6 Å². The van der Waals surface area contributed by atoms with Gasteiger partial charge in [0.1, 0.15) is 0 Å². The van der Waals surface area contributed by atoms with E-state index in [0.717, 1.165) is 0 Å². The molecule has 0 amide bonds. The number of halogens is 1. The molecule has 0 saturated carbocycles. The smallest absolute Gasteiger partial charge is 0.210 e. The van der Waals surface area contributed by atoms with E-state index in [4.69, 9.17) is 0 Å². The van der Waals surface area contributed by atoms with E-state index < -0.39 is 14.8 Å². The third-order valence-electron chi connectivity index (χ3n) is 2.14. The van der Waals surface area contributed by atoms with E-state index in [0.29, 0.717) is 12.8 Å². The van der Waals surface area contributed by atoms with E-state index in [1.807, 2.05) is 0 Å². The van der Waals surface area contributed by atoms with Gasteiger partial charge in [0.15, 0.2) is 9.84 Å². The second kappa shape index (κ2) is 2.73. The van der Waals surface area contributed by atoms with E-state index in [1.54, 1.807) is 6.92 Å². The summed E-state index contributed by atoms with van der Waals surface area (Å²) in [6, 6.07) is 0. The summed E-state index contributed by atoms with van der Waals surface area (Å²) in [5, 5.41) is -1.89. The Bertz CT molecular complexity index is 235. The number of hydrogen-bond donors (Lipinski definition) is 0. The summed E-state index contributed by atoms with van der Waals surface area (Å²) in [6.07, 6.45) is 1.44. The number of sulfone groups is 1. The van der Waals surface area contributed by atoms with Crippen LogP contribution in [-0.4, -0.2) is 19.2 Å². The second-order valence-electron chi connectivity index (χ2n) is 3.06. The van der Waals surface area contributed by atoms with Crippen LogP contribution in [0.25, 0.3) is 0 Å². The van der Waals surface area contributed by atoms with Crippen LogP contribution in [-0.2, 0) is 9.84 Å². The molecule has 0 radical (unpaired) electrons. The van der Waals surface area contributed by atoms with Gasteiger partial charge in [0.25, 0.3) is 0 Å². The topological polar surface area (TPSA) is 34.1 Å². The fraction of sp³-hybridized carbons (Fsp3) is 1.00. The zero-order valence-corrected chi connectivity index (χ0v) is 7.45. The van der Waals surface area contributed by atoms with Crippen molar-refractivity contribution in [2.75, 3.05) is 5.75 Å². The van der Waals surface area contributed by atoms with Crippen molar-refractivity contribution in [3.8, 4) is 0 Å². The molecule has 0 bridgehead atoms. The summed E-state index contributed by atoms with van der Waals surface area (Å²) in [7, 11) is -3.42. The molecule has 0 aromatic heterocycles. The van der Waals surface area contributed by atoms with E-state index >= 15 is 0 Å². The van der Waals surface area contributed by atoms with Gasteiger partial charge in [0, 0.05) is 0 Å². The highest BCUT2D eigenvalue weighted by Crippen LogP contribution is 2.37. The first kappa shape index (κ1) is 8.97. The minimum Gasteiger partial charge on any atom is -0.226 e. The van der Waals surface area contributed by atoms with Crippen molar-refractivity contribution in [1.82, 2.24) is 0 Å². The number of hydrogen-bond acceptors (Lipinski definition) is 2. The molecule has 1 rings (SSSR count). The Labute approximate surface area is 66.7 Å². The Balaban J connectivity index is 2.85. The van der Waals surface area contributed by atoms with Crippen LogP contribution in [0.3, 0.4) is 0 Å². The van der Waals surface area contributed by atoms with Gasteiger partial charge in [-0.05, 0) is 19.3 Å². The van der Waals surface area contributed by atoms with Crippen LogP contribution in [0, 0.1) is 0 Å². The van der Waals surface area contributed by atoms with E-state index in [1.165, 1.54) is 0 Å². The van der Waals surface area contributed by atoms with Crippen molar-refractivity contribution in [3.05, 3.63) is 0 Å². The van der Waals surface area contributed by atoms with Gasteiger partial charge >= 0.3 is 0 Å². The molecular formula is C7H13FO2S. The van der Waals surface area contributed by atoms with E-state index in [9.17, 15) is 12.8 Å². The summed E-state index contributed by atoms with van der Waals surface area (Å²) < 4.78 is 35.7. The highest BCUT2D eigenvalue weighted by atomic mass is 32.2. The van der Waals surface area contributed by atoms with Gasteiger partial charge < -0.3 is 0 Å². The van der Waals surface area contributed by atoms with E-state index in [2.05, 4.69) is 0 Å². The first-order valence-corrected chi connectivity index (χ1v) is 5.58. The minimum absolute atomic E-state index is 0.0312. The van der Waals surface area contributed by atoms with Gasteiger partial charge in [0.05, 0.1) is 5.75 Å². The first-order chi connectivity index (χ1) is 5.02. The Kier molecular flexibility index (Phi) is 2.23. The maximum absolute atomic E-state index is 13.5. The lowest BCUT2D eigenvalue weighted by atomic mass is 10.1. The van der Waals surface area contributed by atoms with Crippen LogP contribution in [0.2, 0.25) is 0 Å². The third kappa shape index (κ3) is 1.41. The Hall–Kier alpha value is -0.120. The summed E-state index contributed by atoms with van der Waals surface area (Å²) >= 11 is 0. The van der Waals surface area contributed by atoms with Gasteiger partial charge in [-0.15, -0.1) is 0 Å². The standard InChI is InChI=1S/C7H13FO2S/c1-2-4-7(8)5-3-6-11(7,9)10/h2-6H2,1H3. The molecule has 1 aliphatic rings. The molecule has 11 heavy (non-hydrogen) atoms. The maximum Gasteiger partial charge on any atom is 0.210 e. The molecule has 1 unspecified atom stereocenters. The van der Waals surface area contributed by atoms with Crippen LogP contribution in [0.5, 0.6) is 0 Å². The number of rotatable bonds is 2. The molecule has 0 aromatic carbocycles. The van der Waals surface area contributed by atoms with Gasteiger partial charge in [0.2, 0.25) is 5.00 Å². The Morgan fingerprint density at radius 1 is 1.55 bits per heavy atom. The second-order valence-corrected chi connectivity index (χ2v) is 5.42. The van der Waals surface area contributed by atoms with Gasteiger partial charge in [-0.2, -0.15) is 0 Å². The van der Waals surface area contributed by atoms with Crippen LogP contribution >= 0.6 is 0 Å². The predicted molar refractivity (Wildman–Crippen MR) is 41.8 cm³/mol. The molecule has 66 valence electrons. The van der Waals surface area contributed by atoms with Gasteiger partial charge in [-0.25, -0.2) is 12.8 Å². The van der Waals surface area contributed by atoms with Crippen molar-refractivity contribution in [3.63, 3.8) is 0 Å². The third-order valence-corrected chi connectivity index (χ3v) is 4.49. The highest BCUT2D eigenvalue weighted by Gasteiger charge is 2.47. The lowest BCUT2D eigenvalue weighted by Gasteiger charge is -2.16. The molecule has 1 saturated heterocycles. The average molecular weight is 180 g/mol. The molecule has 1 heterocycles. The molecular weight excluding hydrogens is 167 g/mol. The lowest BCUT2D eigenvalue weighted by molar-refractivity contribution is 0.245. The van der Waals surface area contributed by atoms with Crippen LogP contribution in [0.15, 0.2) is 0 Å². The van der Waals surface area contributed by atoms with Crippen molar-refractivity contribution in [2.45, 2.75) is 37.6 Å². The summed E-state index contributed by atoms with van der Waals surface area (Å²) in [5.41, 5.74) is 0. The van der Waals surface area contributed by atoms with Crippen molar-refractivity contribution in [2.24, 2.45) is 0 Å². The molecule has 2 nitrogen and oxygen atoms in total. The molecule has 1 aliphatic heterocycles. The molecule has 0 aliphatic carbocycles. The predicted octanol–water partition coefficient (Wildman–Crippen LogP) is 1.66. The zero-order chi connectivity index (χ0) is 8.54. The fourth-order valence-electron chi connectivity index (χ4n) is 1.52. The summed E-state index contributed by atoms with van der Waals surface area (Å²) in [5.74, 6) is 0.0312. The minimum atomic E-state index is -3.42. The zero-order valence-electron chi connectivity index (χ0n) is 6.64. The van der Waals surface area contributed by atoms with Crippen molar-refractivity contribution >= 4 is 9.84 Å². The normalized spacial score (nSPS) is 35.8. The van der Waals surface area contributed by atoms with Crippen molar-refractivity contribution < 1.29 is 12.8 Å². The van der Waals surface area contributed by atoms with Crippen LogP contribution in [0.4, 0.5) is 4.39 Å². The molecule has 4 heteroatoms. The van der Waals surface area contributed by atoms with Gasteiger partial charge in [-0.3, -0.25) is 0 Å². The fourth-order valence-corrected chi connectivity index (χ4v) is 3.38. The summed E-state index contributed by atoms with van der Waals surface area (Å²) in [6.45, 7) is 1.80. The average Bonchev–Trinajstić information content (AvgIpc) is 2.09. The van der Waals surface area contributed by atoms with Crippen LogP contribution in [0.1, 0.15) is 32.6 Å². The Morgan fingerprint density at radius 2 is 2.18 bits per heavy atom. The maximum atomic E-state index is 13.5. The molecule has 1 fully saturated rings. The lowest BCUT2D eigenvalue weighted by Crippen LogP contribution is -2.28. The first-order valence-electron chi connectivity index (χ1n) is 3.93. The quantitative estimate of drug-likeness (QED) is 0.647. The molecule has 0 N–H and O–H groups in total. The molecule has 0 spiro atoms. The van der Waals surface area contributed by atoms with Crippen molar-refractivity contribution in [1.29, 1.82) is 0 Å². The SMILES string of the molecule is CCCC1(F)CCCS1(=O)=O. The molecule has 0 aromatic rings. The Morgan fingerprint density at radius 3 is 2.55 bits per heavy atom. The largest absolute Gasteiger partial charge is 0.226 e. The number of alkyl halides is 1. The molecule has 1 atom stereocenters.